The predicted molar refractivity (Wildman–Crippen MR) is 90.4 cm³/mol. The number of nitrogens with zero attached hydrogens (tertiary/aromatic N) is 1. The summed E-state index contributed by atoms with van der Waals surface area (Å²) in [4.78, 5) is 15.9. The van der Waals surface area contributed by atoms with Crippen molar-refractivity contribution in [2.24, 2.45) is 0 Å². The van der Waals surface area contributed by atoms with Gasteiger partial charge in [0.05, 0.1) is 19.0 Å². The average molecular weight is 315 g/mol. The molecule has 1 aromatic heterocycles. The molecule has 0 aliphatic rings. The van der Waals surface area contributed by atoms with Gasteiger partial charge in [-0.2, -0.15) is 0 Å². The van der Waals surface area contributed by atoms with Gasteiger partial charge in [0.2, 0.25) is 0 Å². The van der Waals surface area contributed by atoms with Gasteiger partial charge >= 0.3 is 6.09 Å². The van der Waals surface area contributed by atoms with Crippen LogP contribution in [0.4, 0.5) is 22.0 Å². The van der Waals surface area contributed by atoms with E-state index in [1.807, 2.05) is 45.0 Å². The lowest BCUT2D eigenvalue weighted by molar-refractivity contribution is 0.0636. The third kappa shape index (κ3) is 5.50. The number of nitrogens with one attached hydrogen (secondary N) is 2. The second-order valence-electron chi connectivity index (χ2n) is 5.92. The summed E-state index contributed by atoms with van der Waals surface area (Å²) >= 11 is 0. The van der Waals surface area contributed by atoms with Crippen LogP contribution in [-0.2, 0) is 4.74 Å². The molecule has 1 heterocycles. The zero-order chi connectivity index (χ0) is 16.9. The SMILES string of the molecule is COc1cccc(Nc2ccc(NC(=O)OC(C)(C)C)cn2)c1. The molecule has 122 valence electrons. The molecule has 2 rings (SSSR count). The van der Waals surface area contributed by atoms with Crippen LogP contribution < -0.4 is 15.4 Å². The van der Waals surface area contributed by atoms with Crippen LogP contribution in [0.5, 0.6) is 5.75 Å². The summed E-state index contributed by atoms with van der Waals surface area (Å²) < 4.78 is 10.4. The van der Waals surface area contributed by atoms with Crippen LogP contribution >= 0.6 is 0 Å². The molecule has 0 aliphatic heterocycles. The van der Waals surface area contributed by atoms with Crippen molar-refractivity contribution < 1.29 is 14.3 Å². The molecule has 0 saturated heterocycles. The molecule has 0 fully saturated rings. The van der Waals surface area contributed by atoms with Gasteiger partial charge in [-0.25, -0.2) is 9.78 Å². The van der Waals surface area contributed by atoms with Gasteiger partial charge < -0.3 is 14.8 Å². The quantitative estimate of drug-likeness (QED) is 0.885. The summed E-state index contributed by atoms with van der Waals surface area (Å²) in [6, 6.07) is 11.1. The maximum Gasteiger partial charge on any atom is 0.412 e. The second-order valence-corrected chi connectivity index (χ2v) is 5.92. The Morgan fingerprint density at radius 2 is 1.91 bits per heavy atom. The Balaban J connectivity index is 1.98. The van der Waals surface area contributed by atoms with Crippen LogP contribution in [0.25, 0.3) is 0 Å². The highest BCUT2D eigenvalue weighted by molar-refractivity contribution is 5.84. The normalized spacial score (nSPS) is 10.8. The van der Waals surface area contributed by atoms with Gasteiger partial charge in [0.1, 0.15) is 17.2 Å². The summed E-state index contributed by atoms with van der Waals surface area (Å²) in [5, 5.41) is 5.80. The maximum absolute atomic E-state index is 11.7. The Kier molecular flexibility index (Phi) is 5.05. The number of hydrogen-bond acceptors (Lipinski definition) is 5. The van der Waals surface area contributed by atoms with Crippen molar-refractivity contribution in [1.29, 1.82) is 0 Å². The number of hydrogen-bond donors (Lipinski definition) is 2. The molecule has 0 bridgehead atoms. The van der Waals surface area contributed by atoms with E-state index in [1.165, 1.54) is 0 Å². The van der Waals surface area contributed by atoms with Gasteiger partial charge in [-0.3, -0.25) is 5.32 Å². The zero-order valence-corrected chi connectivity index (χ0v) is 13.7. The van der Waals surface area contributed by atoms with Crippen LogP contribution in [0.1, 0.15) is 20.8 Å². The van der Waals surface area contributed by atoms with Crippen LogP contribution in [0.2, 0.25) is 0 Å². The first-order chi connectivity index (χ1) is 10.9. The molecule has 0 saturated carbocycles. The Bertz CT molecular complexity index is 664. The van der Waals surface area contributed by atoms with Crippen LogP contribution in [0.3, 0.4) is 0 Å². The minimum absolute atomic E-state index is 0.507. The Morgan fingerprint density at radius 3 is 2.52 bits per heavy atom. The fourth-order valence-corrected chi connectivity index (χ4v) is 1.81. The van der Waals surface area contributed by atoms with E-state index in [0.29, 0.717) is 11.5 Å². The Labute approximate surface area is 135 Å². The Hall–Kier alpha value is -2.76. The lowest BCUT2D eigenvalue weighted by atomic mass is 10.2. The first-order valence-electron chi connectivity index (χ1n) is 7.23. The summed E-state index contributed by atoms with van der Waals surface area (Å²) in [7, 11) is 1.62. The summed E-state index contributed by atoms with van der Waals surface area (Å²) in [6.45, 7) is 5.43. The number of methoxy groups -OCH3 is 1. The molecule has 0 aliphatic carbocycles. The number of carbonyl (C=O) groups is 1. The lowest BCUT2D eigenvalue weighted by Crippen LogP contribution is -2.27. The highest BCUT2D eigenvalue weighted by Gasteiger charge is 2.16. The van der Waals surface area contributed by atoms with Crippen LogP contribution in [0.15, 0.2) is 42.6 Å². The minimum atomic E-state index is -0.536. The largest absolute Gasteiger partial charge is 0.497 e. The number of carbonyl (C=O) groups excluding carboxylic acids is 1. The molecule has 0 atom stereocenters. The van der Waals surface area contributed by atoms with E-state index in [0.717, 1.165) is 11.4 Å². The Morgan fingerprint density at radius 1 is 1.13 bits per heavy atom. The van der Waals surface area contributed by atoms with Gasteiger partial charge in [0.15, 0.2) is 0 Å². The smallest absolute Gasteiger partial charge is 0.412 e. The summed E-state index contributed by atoms with van der Waals surface area (Å²) in [5.41, 5.74) is 0.894. The monoisotopic (exact) mass is 315 g/mol. The number of rotatable bonds is 4. The first-order valence-corrected chi connectivity index (χ1v) is 7.23. The summed E-state index contributed by atoms with van der Waals surface area (Å²) in [6.07, 6.45) is 1.06. The topological polar surface area (TPSA) is 72.5 Å². The van der Waals surface area contributed by atoms with E-state index in [9.17, 15) is 4.79 Å². The second kappa shape index (κ2) is 7.00. The molecule has 1 aromatic carbocycles. The third-order valence-electron chi connectivity index (χ3n) is 2.75. The van der Waals surface area contributed by atoms with E-state index in [4.69, 9.17) is 9.47 Å². The lowest BCUT2D eigenvalue weighted by Gasteiger charge is -2.19. The molecule has 0 unspecified atom stereocenters. The van der Waals surface area contributed by atoms with E-state index in [1.54, 1.807) is 25.4 Å². The number of aromatic nitrogens is 1. The minimum Gasteiger partial charge on any atom is -0.497 e. The van der Waals surface area contributed by atoms with Gasteiger partial charge in [-0.05, 0) is 45.0 Å². The number of anilines is 3. The van der Waals surface area contributed by atoms with Crippen molar-refractivity contribution in [3.05, 3.63) is 42.6 Å². The molecule has 6 heteroatoms. The molecular formula is C17H21N3O3. The fourth-order valence-electron chi connectivity index (χ4n) is 1.81. The number of benzene rings is 1. The summed E-state index contributed by atoms with van der Waals surface area (Å²) in [5.74, 6) is 1.42. The highest BCUT2D eigenvalue weighted by Crippen LogP contribution is 2.21. The van der Waals surface area contributed by atoms with Crippen LogP contribution in [0, 0.1) is 0 Å². The highest BCUT2D eigenvalue weighted by atomic mass is 16.6. The predicted octanol–water partition coefficient (Wildman–Crippen LogP) is 4.18. The number of ether oxygens (including phenoxy) is 2. The van der Waals surface area contributed by atoms with Crippen molar-refractivity contribution in [2.45, 2.75) is 26.4 Å². The molecule has 6 nitrogen and oxygen atoms in total. The fraction of sp³-hybridized carbons (Fsp3) is 0.294. The average Bonchev–Trinajstić information content (AvgIpc) is 2.47. The van der Waals surface area contributed by atoms with Gasteiger partial charge in [-0.1, -0.05) is 6.07 Å². The van der Waals surface area contributed by atoms with Gasteiger partial charge in [0.25, 0.3) is 0 Å². The molecule has 23 heavy (non-hydrogen) atoms. The molecule has 2 aromatic rings. The van der Waals surface area contributed by atoms with E-state index >= 15 is 0 Å². The van der Waals surface area contributed by atoms with E-state index in [-0.39, 0.29) is 0 Å². The molecule has 0 spiro atoms. The maximum atomic E-state index is 11.7. The third-order valence-corrected chi connectivity index (χ3v) is 2.75. The molecule has 1 amide bonds. The van der Waals surface area contributed by atoms with Crippen molar-refractivity contribution in [2.75, 3.05) is 17.7 Å². The van der Waals surface area contributed by atoms with Gasteiger partial charge in [0, 0.05) is 11.8 Å². The number of pyridine rings is 1. The molecular weight excluding hydrogens is 294 g/mol. The van der Waals surface area contributed by atoms with Crippen molar-refractivity contribution in [3.63, 3.8) is 0 Å². The molecule has 2 N–H and O–H groups in total. The first kappa shape index (κ1) is 16.6. The van der Waals surface area contributed by atoms with E-state index in [2.05, 4.69) is 15.6 Å². The standard InChI is InChI=1S/C17H21N3O3/c1-17(2,3)23-16(21)20-13-8-9-15(18-11-13)19-12-6-5-7-14(10-12)22-4/h5-11H,1-4H3,(H,18,19)(H,20,21). The van der Waals surface area contributed by atoms with Crippen molar-refractivity contribution in [1.82, 2.24) is 4.98 Å². The van der Waals surface area contributed by atoms with Crippen molar-refractivity contribution in [3.8, 4) is 5.75 Å². The van der Waals surface area contributed by atoms with Crippen LogP contribution in [-0.4, -0.2) is 23.8 Å². The van der Waals surface area contributed by atoms with Gasteiger partial charge in [-0.15, -0.1) is 0 Å². The molecule has 0 radical (unpaired) electrons. The van der Waals surface area contributed by atoms with Crippen molar-refractivity contribution >= 4 is 23.3 Å². The number of amides is 1. The van der Waals surface area contributed by atoms with E-state index < -0.39 is 11.7 Å². The zero-order valence-electron chi connectivity index (χ0n) is 13.7.